The van der Waals surface area contributed by atoms with Gasteiger partial charge >= 0.3 is 5.97 Å². The van der Waals surface area contributed by atoms with Crippen molar-refractivity contribution in [3.8, 4) is 11.5 Å². The summed E-state index contributed by atoms with van der Waals surface area (Å²) in [4.78, 5) is 46.1. The first kappa shape index (κ1) is 26.3. The molecular weight excluding hydrogens is 556 g/mol. The van der Waals surface area contributed by atoms with Crippen LogP contribution in [0.2, 0.25) is 0 Å². The lowest BCUT2D eigenvalue weighted by Crippen LogP contribution is -2.49. The summed E-state index contributed by atoms with van der Waals surface area (Å²) in [5, 5.41) is 0. The van der Waals surface area contributed by atoms with E-state index in [-0.39, 0.29) is 5.91 Å². The van der Waals surface area contributed by atoms with E-state index in [0.29, 0.717) is 30.4 Å². The summed E-state index contributed by atoms with van der Waals surface area (Å²) in [6, 6.07) is 30.3. The molecule has 0 aliphatic carbocycles. The second kappa shape index (κ2) is 10.4. The van der Waals surface area contributed by atoms with Crippen LogP contribution in [0.25, 0.3) is 6.08 Å². The molecule has 8 nitrogen and oxygen atoms in total. The lowest BCUT2D eigenvalue weighted by atomic mass is 9.88. The molecule has 0 saturated carbocycles. The zero-order valence-electron chi connectivity index (χ0n) is 23.6. The van der Waals surface area contributed by atoms with Crippen molar-refractivity contribution >= 4 is 35.2 Å². The Morgan fingerprint density at radius 3 is 2.11 bits per heavy atom. The fraction of sp³-hybridized carbons (Fsp3) is 0.194. The molecular formula is C36H28N2O6. The van der Waals surface area contributed by atoms with Crippen molar-refractivity contribution in [1.82, 2.24) is 0 Å². The summed E-state index contributed by atoms with van der Waals surface area (Å²) in [5.74, 6) is -2.03. The van der Waals surface area contributed by atoms with Crippen LogP contribution in [0.1, 0.15) is 22.8 Å². The van der Waals surface area contributed by atoms with E-state index >= 15 is 0 Å². The number of hydrogen-bond acceptors (Lipinski definition) is 7. The Labute approximate surface area is 254 Å². The maximum absolute atomic E-state index is 14.5. The van der Waals surface area contributed by atoms with Gasteiger partial charge in [-0.15, -0.1) is 0 Å². The number of hydrogen-bond donors (Lipinski definition) is 0. The van der Waals surface area contributed by atoms with Gasteiger partial charge in [-0.2, -0.15) is 0 Å². The lowest BCUT2D eigenvalue weighted by Gasteiger charge is -2.36. The topological polar surface area (TPSA) is 85.4 Å². The molecule has 0 radical (unpaired) electrons. The minimum absolute atomic E-state index is 0.353. The van der Waals surface area contributed by atoms with Gasteiger partial charge < -0.3 is 19.1 Å². The molecule has 4 aromatic carbocycles. The average Bonchev–Trinajstić information content (AvgIpc) is 3.56. The predicted octanol–water partition coefficient (Wildman–Crippen LogP) is 5.18. The van der Waals surface area contributed by atoms with Crippen LogP contribution in [-0.4, -0.2) is 43.1 Å². The lowest BCUT2D eigenvalue weighted by molar-refractivity contribution is -0.151. The summed E-state index contributed by atoms with van der Waals surface area (Å²) >= 11 is 0. The van der Waals surface area contributed by atoms with Crippen molar-refractivity contribution in [2.45, 2.75) is 18.2 Å². The van der Waals surface area contributed by atoms with Crippen LogP contribution >= 0.6 is 0 Å². The van der Waals surface area contributed by atoms with Gasteiger partial charge in [-0.05, 0) is 34.9 Å². The van der Waals surface area contributed by atoms with Crippen LogP contribution < -0.4 is 19.3 Å². The van der Waals surface area contributed by atoms with Crippen LogP contribution in [0.3, 0.4) is 0 Å². The number of nitrogens with zero attached hydrogens (tertiary/aromatic N) is 2. The number of carbonyl (C=O) groups excluding carboxylic acids is 3. The second-order valence-corrected chi connectivity index (χ2v) is 11.3. The van der Waals surface area contributed by atoms with E-state index in [2.05, 4.69) is 0 Å². The molecule has 0 unspecified atom stereocenters. The molecule has 8 heteroatoms. The Bertz CT molecular complexity index is 1770. The monoisotopic (exact) mass is 584 g/mol. The zero-order valence-corrected chi connectivity index (χ0v) is 23.6. The molecule has 4 aromatic rings. The van der Waals surface area contributed by atoms with E-state index < -0.39 is 41.9 Å². The first-order chi connectivity index (χ1) is 21.6. The van der Waals surface area contributed by atoms with Crippen molar-refractivity contribution in [2.24, 2.45) is 11.8 Å². The molecule has 4 heterocycles. The molecule has 0 spiro atoms. The standard InChI is InChI=1S/C36H28N2O6/c39-34-30-27-17-15-22-9-7-8-14-26(22)38(27)32(31(30)35(40)37(34)25-16-18-28-29(21-25)43-20-19-42-28)36(41)44-33(23-10-3-1-4-11-23)24-12-5-2-6-13-24/h1-18,21,27,30-33H,19-20H2/t27-,30-,31+,32+/m1/s1. The van der Waals surface area contributed by atoms with Gasteiger partial charge in [0.15, 0.2) is 17.6 Å². The molecule has 4 aliphatic heterocycles. The summed E-state index contributed by atoms with van der Waals surface area (Å²) in [7, 11) is 0. The van der Waals surface area contributed by atoms with E-state index in [9.17, 15) is 14.4 Å². The third-order valence-electron chi connectivity index (χ3n) is 8.88. The van der Waals surface area contributed by atoms with Gasteiger partial charge in [0.25, 0.3) is 0 Å². The third kappa shape index (κ3) is 4.09. The van der Waals surface area contributed by atoms with Crippen molar-refractivity contribution in [3.05, 3.63) is 126 Å². The number of benzene rings is 4. The van der Waals surface area contributed by atoms with Gasteiger partial charge in [-0.25, -0.2) is 9.69 Å². The smallest absolute Gasteiger partial charge is 0.330 e. The van der Waals surface area contributed by atoms with Gasteiger partial charge in [-0.3, -0.25) is 9.59 Å². The molecule has 0 bridgehead atoms. The van der Waals surface area contributed by atoms with Crippen molar-refractivity contribution in [2.75, 3.05) is 23.0 Å². The molecule has 2 fully saturated rings. The minimum Gasteiger partial charge on any atom is -0.486 e. The van der Waals surface area contributed by atoms with Crippen LogP contribution in [0.5, 0.6) is 11.5 Å². The minimum atomic E-state index is -1.02. The number of imide groups is 1. The highest BCUT2D eigenvalue weighted by Crippen LogP contribution is 2.50. The molecule has 0 N–H and O–H groups in total. The van der Waals surface area contributed by atoms with Gasteiger partial charge in [0.05, 0.1) is 23.6 Å². The van der Waals surface area contributed by atoms with Crippen LogP contribution in [0, 0.1) is 11.8 Å². The fourth-order valence-corrected chi connectivity index (χ4v) is 6.98. The molecule has 4 atom stereocenters. The van der Waals surface area contributed by atoms with Crippen LogP contribution in [0.15, 0.2) is 109 Å². The quantitative estimate of drug-likeness (QED) is 0.236. The van der Waals surface area contributed by atoms with Crippen molar-refractivity contribution < 1.29 is 28.6 Å². The van der Waals surface area contributed by atoms with Crippen molar-refractivity contribution in [3.63, 3.8) is 0 Å². The number of carbonyl (C=O) groups is 3. The number of anilines is 2. The van der Waals surface area contributed by atoms with Gasteiger partial charge in [0.2, 0.25) is 11.8 Å². The van der Waals surface area contributed by atoms with Gasteiger partial charge in [0, 0.05) is 11.8 Å². The first-order valence-electron chi connectivity index (χ1n) is 14.7. The number of fused-ring (bicyclic) bond motifs is 6. The van der Waals surface area contributed by atoms with E-state index in [1.54, 1.807) is 18.2 Å². The Morgan fingerprint density at radius 1 is 0.750 bits per heavy atom. The normalized spacial score (nSPS) is 22.9. The van der Waals surface area contributed by atoms with E-state index in [4.69, 9.17) is 14.2 Å². The largest absolute Gasteiger partial charge is 0.486 e. The SMILES string of the molecule is O=C(OC(c1ccccc1)c1ccccc1)[C@@H]1[C@H]2C(=O)N(c3ccc4c(c3)OCCO4)C(=O)[C@@H]2[C@H]2C=Cc3ccccc3N21. The summed E-state index contributed by atoms with van der Waals surface area (Å²) in [5.41, 5.74) is 3.71. The number of rotatable bonds is 5. The van der Waals surface area contributed by atoms with Crippen LogP contribution in [-0.2, 0) is 19.1 Å². The highest BCUT2D eigenvalue weighted by Gasteiger charge is 2.65. The van der Waals surface area contributed by atoms with Gasteiger partial charge in [-0.1, -0.05) is 91.0 Å². The van der Waals surface area contributed by atoms with Crippen LogP contribution in [0.4, 0.5) is 11.4 Å². The Morgan fingerprint density at radius 2 is 1.39 bits per heavy atom. The zero-order chi connectivity index (χ0) is 29.8. The maximum Gasteiger partial charge on any atom is 0.330 e. The Balaban J connectivity index is 1.21. The van der Waals surface area contributed by atoms with E-state index in [1.165, 1.54) is 4.90 Å². The molecule has 218 valence electrons. The molecule has 2 amide bonds. The first-order valence-corrected chi connectivity index (χ1v) is 14.7. The number of amides is 2. The van der Waals surface area contributed by atoms with Crippen molar-refractivity contribution in [1.29, 1.82) is 0 Å². The summed E-state index contributed by atoms with van der Waals surface area (Å²) in [6.45, 7) is 0.808. The second-order valence-electron chi connectivity index (χ2n) is 11.3. The maximum atomic E-state index is 14.5. The highest BCUT2D eigenvalue weighted by atomic mass is 16.6. The number of esters is 1. The Hall–Kier alpha value is -5.37. The molecule has 4 aliphatic rings. The summed E-state index contributed by atoms with van der Waals surface area (Å²) in [6.07, 6.45) is 3.19. The van der Waals surface area contributed by atoms with E-state index in [1.807, 2.05) is 102 Å². The molecule has 0 aromatic heterocycles. The average molecular weight is 585 g/mol. The number of para-hydroxylation sites is 1. The molecule has 8 rings (SSSR count). The molecule has 2 saturated heterocycles. The third-order valence-corrected chi connectivity index (χ3v) is 8.88. The van der Waals surface area contributed by atoms with E-state index in [0.717, 1.165) is 22.4 Å². The van der Waals surface area contributed by atoms with Gasteiger partial charge in [0.1, 0.15) is 19.3 Å². The summed E-state index contributed by atoms with van der Waals surface area (Å²) < 4.78 is 17.7. The highest BCUT2D eigenvalue weighted by molar-refractivity contribution is 6.24. The predicted molar refractivity (Wildman–Crippen MR) is 163 cm³/mol. The number of ether oxygens (including phenoxy) is 3. The Kier molecular flexibility index (Phi) is 6.22. The molecule has 44 heavy (non-hydrogen) atoms. The fourth-order valence-electron chi connectivity index (χ4n) is 6.98.